The zero-order chi connectivity index (χ0) is 29.2. The summed E-state index contributed by atoms with van der Waals surface area (Å²) in [7, 11) is 0. The first-order valence-corrected chi connectivity index (χ1v) is 14.6. The summed E-state index contributed by atoms with van der Waals surface area (Å²) in [6.45, 7) is 7.78. The number of hydrogen-bond acceptors (Lipinski definition) is 6. The van der Waals surface area contributed by atoms with Crippen LogP contribution < -0.4 is 10.6 Å². The third-order valence-corrected chi connectivity index (χ3v) is 7.63. The molecule has 3 amide bonds. The van der Waals surface area contributed by atoms with E-state index < -0.39 is 12.1 Å². The van der Waals surface area contributed by atoms with Gasteiger partial charge in [0, 0.05) is 44.9 Å². The number of nitrogens with zero attached hydrogens (tertiary/aromatic N) is 6. The van der Waals surface area contributed by atoms with Crippen molar-refractivity contribution >= 4 is 17.7 Å². The molecule has 3 atom stereocenters. The molecule has 0 radical (unpaired) electrons. The van der Waals surface area contributed by atoms with Crippen LogP contribution in [0.15, 0.2) is 48.8 Å². The highest BCUT2D eigenvalue weighted by Crippen LogP contribution is 2.20. The van der Waals surface area contributed by atoms with E-state index in [9.17, 15) is 14.4 Å². The van der Waals surface area contributed by atoms with Gasteiger partial charge in [0.15, 0.2) is 0 Å². The molecule has 220 valence electrons. The van der Waals surface area contributed by atoms with Crippen molar-refractivity contribution in [3.05, 3.63) is 66.0 Å². The first-order chi connectivity index (χ1) is 19.8. The first kappa shape index (κ1) is 30.0. The van der Waals surface area contributed by atoms with E-state index in [1.54, 1.807) is 6.20 Å². The molecule has 4 rings (SSSR count). The molecule has 0 bridgehead atoms. The topological polar surface area (TPSA) is 127 Å². The number of rotatable bonds is 8. The van der Waals surface area contributed by atoms with E-state index in [4.69, 9.17) is 4.98 Å². The third kappa shape index (κ3) is 8.48. The molecule has 3 heterocycles. The van der Waals surface area contributed by atoms with Crippen molar-refractivity contribution in [2.24, 2.45) is 5.92 Å². The number of amides is 3. The molecule has 2 N–H and O–H groups in total. The van der Waals surface area contributed by atoms with Gasteiger partial charge in [0.25, 0.3) is 0 Å². The van der Waals surface area contributed by atoms with Crippen LogP contribution >= 0.6 is 0 Å². The lowest BCUT2D eigenvalue weighted by atomic mass is 9.97. The van der Waals surface area contributed by atoms with E-state index in [0.717, 1.165) is 12.0 Å². The second-order valence-corrected chi connectivity index (χ2v) is 10.8. The molecule has 0 saturated heterocycles. The maximum atomic E-state index is 13.6. The van der Waals surface area contributed by atoms with Crippen LogP contribution in [0.2, 0.25) is 0 Å². The van der Waals surface area contributed by atoms with Crippen molar-refractivity contribution in [2.45, 2.75) is 84.5 Å². The molecule has 41 heavy (non-hydrogen) atoms. The first-order valence-electron chi connectivity index (χ1n) is 14.6. The lowest BCUT2D eigenvalue weighted by Crippen LogP contribution is -2.51. The van der Waals surface area contributed by atoms with Crippen LogP contribution in [0.25, 0.3) is 0 Å². The molecule has 0 aliphatic carbocycles. The molecule has 2 aromatic heterocycles. The predicted molar refractivity (Wildman–Crippen MR) is 154 cm³/mol. The molecule has 11 nitrogen and oxygen atoms in total. The van der Waals surface area contributed by atoms with Crippen molar-refractivity contribution in [3.63, 3.8) is 0 Å². The fraction of sp³-hybridized carbons (Fsp3) is 0.533. The van der Waals surface area contributed by atoms with Crippen LogP contribution in [0.1, 0.15) is 69.2 Å². The summed E-state index contributed by atoms with van der Waals surface area (Å²) in [5.41, 5.74) is 1.05. The summed E-state index contributed by atoms with van der Waals surface area (Å²) in [6, 6.07) is 10.7. The summed E-state index contributed by atoms with van der Waals surface area (Å²) in [5.74, 6) is 0.794. The average Bonchev–Trinajstić information content (AvgIpc) is 3.62. The molecule has 11 heteroatoms. The zero-order valence-corrected chi connectivity index (χ0v) is 24.3. The number of nitrogens with one attached hydrogen (secondary N) is 2. The van der Waals surface area contributed by atoms with Crippen molar-refractivity contribution in [3.8, 4) is 0 Å². The lowest BCUT2D eigenvalue weighted by molar-refractivity contribution is -0.132. The highest BCUT2D eigenvalue weighted by atomic mass is 16.2. The van der Waals surface area contributed by atoms with E-state index >= 15 is 0 Å². The van der Waals surface area contributed by atoms with Crippen LogP contribution in [0, 0.1) is 12.8 Å². The normalized spacial score (nSPS) is 19.5. The van der Waals surface area contributed by atoms with Crippen LogP contribution in [0.3, 0.4) is 0 Å². The summed E-state index contributed by atoms with van der Waals surface area (Å²) in [6.07, 6.45) is 6.66. The Morgan fingerprint density at radius 3 is 2.63 bits per heavy atom. The van der Waals surface area contributed by atoms with Crippen molar-refractivity contribution in [2.75, 3.05) is 13.1 Å². The standard InChI is InChI=1S/C30H42N8O3/c1-4-22(2)28-30(41)33-25(21-24-11-6-5-7-12-24)29-32-23(3)35-38(29)20-19-36(16-8-13-26(39)34-28)27(40)14-9-17-37-18-10-15-31-37/h5-7,10-12,15,18,22,25,28H,4,8-9,13-14,16-17,19-21H2,1-3H3,(H,33,41)(H,34,39)/t22-,25-,28-/m0/s1. The molecule has 0 fully saturated rings. The molecule has 0 spiro atoms. The minimum absolute atomic E-state index is 0.0367. The Hall–Kier alpha value is -4.02. The number of carbonyl (C=O) groups is 3. The van der Waals surface area contributed by atoms with Crippen molar-refractivity contribution < 1.29 is 14.4 Å². The van der Waals surface area contributed by atoms with Gasteiger partial charge in [-0.1, -0.05) is 50.6 Å². The lowest BCUT2D eigenvalue weighted by Gasteiger charge is -2.28. The van der Waals surface area contributed by atoms with Crippen LogP contribution in [0.4, 0.5) is 0 Å². The predicted octanol–water partition coefficient (Wildman–Crippen LogP) is 2.82. The summed E-state index contributed by atoms with van der Waals surface area (Å²) >= 11 is 0. The van der Waals surface area contributed by atoms with Gasteiger partial charge in [0.2, 0.25) is 17.7 Å². The minimum atomic E-state index is -0.675. The molecular weight excluding hydrogens is 520 g/mol. The van der Waals surface area contributed by atoms with Crippen LogP contribution in [-0.4, -0.2) is 66.3 Å². The van der Waals surface area contributed by atoms with E-state index in [-0.39, 0.29) is 30.1 Å². The second-order valence-electron chi connectivity index (χ2n) is 10.8. The van der Waals surface area contributed by atoms with E-state index in [1.165, 1.54) is 0 Å². The minimum Gasteiger partial charge on any atom is -0.344 e. The van der Waals surface area contributed by atoms with E-state index in [0.29, 0.717) is 63.5 Å². The Kier molecular flexibility index (Phi) is 10.6. The maximum Gasteiger partial charge on any atom is 0.243 e. The van der Waals surface area contributed by atoms with Gasteiger partial charge in [0.05, 0.1) is 12.6 Å². The fourth-order valence-electron chi connectivity index (χ4n) is 5.15. The number of fused-ring (bicyclic) bond motifs is 1. The molecule has 1 aromatic carbocycles. The zero-order valence-electron chi connectivity index (χ0n) is 24.3. The number of carbonyl (C=O) groups excluding carboxylic acids is 3. The summed E-state index contributed by atoms with van der Waals surface area (Å²) in [5, 5.41) is 15.0. The van der Waals surface area contributed by atoms with E-state index in [1.807, 2.05) is 77.6 Å². The molecule has 0 saturated carbocycles. The monoisotopic (exact) mass is 562 g/mol. The molecule has 3 aromatic rings. The molecular formula is C30H42N8O3. The van der Waals surface area contributed by atoms with Crippen LogP contribution in [0.5, 0.6) is 0 Å². The van der Waals surface area contributed by atoms with Gasteiger partial charge >= 0.3 is 0 Å². The van der Waals surface area contributed by atoms with E-state index in [2.05, 4.69) is 20.8 Å². The highest BCUT2D eigenvalue weighted by molar-refractivity contribution is 5.88. The van der Waals surface area contributed by atoms with Crippen LogP contribution in [-0.2, 0) is 33.9 Å². The third-order valence-electron chi connectivity index (χ3n) is 7.63. The Balaban J connectivity index is 1.59. The van der Waals surface area contributed by atoms with Gasteiger partial charge in [-0.05, 0) is 43.7 Å². The smallest absolute Gasteiger partial charge is 0.243 e. The molecule has 0 unspecified atom stereocenters. The fourth-order valence-corrected chi connectivity index (χ4v) is 5.15. The Bertz CT molecular complexity index is 1270. The van der Waals surface area contributed by atoms with Gasteiger partial charge in [-0.3, -0.25) is 19.1 Å². The van der Waals surface area contributed by atoms with Gasteiger partial charge in [-0.2, -0.15) is 10.2 Å². The second kappa shape index (κ2) is 14.6. The number of aryl methyl sites for hydroxylation is 2. The highest BCUT2D eigenvalue weighted by Gasteiger charge is 2.30. The van der Waals surface area contributed by atoms with Gasteiger partial charge < -0.3 is 15.5 Å². The number of benzene rings is 1. The molecule has 1 aliphatic rings. The average molecular weight is 563 g/mol. The number of hydrogen-bond donors (Lipinski definition) is 2. The quantitative estimate of drug-likeness (QED) is 0.435. The Morgan fingerprint density at radius 1 is 1.10 bits per heavy atom. The summed E-state index contributed by atoms with van der Waals surface area (Å²) < 4.78 is 3.63. The van der Waals surface area contributed by atoms with Gasteiger partial charge in [0.1, 0.15) is 17.7 Å². The van der Waals surface area contributed by atoms with Gasteiger partial charge in [-0.25, -0.2) is 9.67 Å². The Morgan fingerprint density at radius 2 is 1.90 bits per heavy atom. The molecule has 1 aliphatic heterocycles. The Labute approximate surface area is 241 Å². The van der Waals surface area contributed by atoms with Crippen molar-refractivity contribution in [1.29, 1.82) is 0 Å². The summed E-state index contributed by atoms with van der Waals surface area (Å²) in [4.78, 5) is 46.4. The largest absolute Gasteiger partial charge is 0.344 e. The van der Waals surface area contributed by atoms with Gasteiger partial charge in [-0.15, -0.1) is 0 Å². The van der Waals surface area contributed by atoms with Crippen molar-refractivity contribution in [1.82, 2.24) is 40.1 Å². The SMILES string of the molecule is CC[C@H](C)[C@@H]1NC(=O)CCCN(C(=O)CCCn2cccn2)CCn2nc(C)nc2[C@H](Cc2ccccc2)NC1=O. The maximum absolute atomic E-state index is 13.6. The number of aromatic nitrogens is 5.